The van der Waals surface area contributed by atoms with Crippen molar-refractivity contribution in [1.29, 1.82) is 0 Å². The number of nitrogens with one attached hydrogen (secondary N) is 2. The molecule has 0 saturated carbocycles. The Morgan fingerprint density at radius 3 is 2.84 bits per heavy atom. The zero-order chi connectivity index (χ0) is 13.9. The lowest BCUT2D eigenvalue weighted by Gasteiger charge is -2.16. The topological polar surface area (TPSA) is 88.2 Å². The number of carbonyl (C=O) groups is 1. The summed E-state index contributed by atoms with van der Waals surface area (Å²) in [7, 11) is -2.98. The van der Waals surface area contributed by atoms with E-state index >= 15 is 0 Å². The summed E-state index contributed by atoms with van der Waals surface area (Å²) in [5.74, 6) is 0.173. The van der Waals surface area contributed by atoms with Crippen molar-refractivity contribution in [2.45, 2.75) is 25.4 Å². The Morgan fingerprint density at radius 1 is 1.47 bits per heavy atom. The molecule has 6 nitrogen and oxygen atoms in total. The standard InChI is InChI=1S/C12H17N3O3S/c1-9(11-4-2-3-6-13-11)14-12(16)15-10-5-7-19(17,18)8-10/h2-4,6,9-10H,5,7-8H2,1H3,(H2,14,15,16)/t9-,10+/m0/s1. The number of aromatic nitrogens is 1. The molecule has 1 fully saturated rings. The lowest BCUT2D eigenvalue weighted by Crippen LogP contribution is -2.43. The van der Waals surface area contributed by atoms with E-state index in [-0.39, 0.29) is 29.6 Å². The van der Waals surface area contributed by atoms with Crippen LogP contribution in [-0.4, -0.2) is 37.0 Å². The van der Waals surface area contributed by atoms with Crippen molar-refractivity contribution in [2.24, 2.45) is 0 Å². The average Bonchev–Trinajstić information content (AvgIpc) is 2.69. The first-order chi connectivity index (χ1) is 8.96. The van der Waals surface area contributed by atoms with Gasteiger partial charge in [-0.05, 0) is 25.5 Å². The number of amides is 2. The van der Waals surface area contributed by atoms with Gasteiger partial charge in [0.2, 0.25) is 0 Å². The van der Waals surface area contributed by atoms with E-state index in [1.165, 1.54) is 0 Å². The van der Waals surface area contributed by atoms with Crippen LogP contribution in [0.5, 0.6) is 0 Å². The lowest BCUT2D eigenvalue weighted by atomic mass is 10.2. The molecule has 1 aliphatic rings. The number of urea groups is 1. The molecule has 2 heterocycles. The highest BCUT2D eigenvalue weighted by atomic mass is 32.2. The summed E-state index contributed by atoms with van der Waals surface area (Å²) in [6.45, 7) is 1.83. The highest BCUT2D eigenvalue weighted by molar-refractivity contribution is 7.91. The lowest BCUT2D eigenvalue weighted by molar-refractivity contribution is 0.235. The Morgan fingerprint density at radius 2 is 2.26 bits per heavy atom. The molecule has 0 unspecified atom stereocenters. The van der Waals surface area contributed by atoms with Crippen LogP contribution in [0.4, 0.5) is 4.79 Å². The van der Waals surface area contributed by atoms with Crippen molar-refractivity contribution in [3.05, 3.63) is 30.1 Å². The number of carbonyl (C=O) groups excluding carboxylic acids is 1. The van der Waals surface area contributed by atoms with E-state index in [2.05, 4.69) is 15.6 Å². The summed E-state index contributed by atoms with van der Waals surface area (Å²) in [4.78, 5) is 15.9. The van der Waals surface area contributed by atoms with Crippen LogP contribution >= 0.6 is 0 Å². The molecule has 0 aromatic carbocycles. The SMILES string of the molecule is C[C@H](NC(=O)N[C@@H]1CCS(=O)(=O)C1)c1ccccn1. The second kappa shape index (κ2) is 5.56. The minimum absolute atomic E-state index is 0.0262. The quantitative estimate of drug-likeness (QED) is 0.851. The molecule has 0 spiro atoms. The van der Waals surface area contributed by atoms with Crippen LogP contribution in [0.25, 0.3) is 0 Å². The third kappa shape index (κ3) is 3.92. The number of sulfone groups is 1. The van der Waals surface area contributed by atoms with Crippen LogP contribution in [0.1, 0.15) is 25.1 Å². The van der Waals surface area contributed by atoms with Crippen LogP contribution in [0, 0.1) is 0 Å². The van der Waals surface area contributed by atoms with E-state index in [9.17, 15) is 13.2 Å². The van der Waals surface area contributed by atoms with E-state index in [4.69, 9.17) is 0 Å². The van der Waals surface area contributed by atoms with Gasteiger partial charge < -0.3 is 10.6 Å². The summed E-state index contributed by atoms with van der Waals surface area (Å²) >= 11 is 0. The molecular formula is C12H17N3O3S. The molecule has 2 N–H and O–H groups in total. The minimum Gasteiger partial charge on any atom is -0.334 e. The van der Waals surface area contributed by atoms with Crippen LogP contribution < -0.4 is 10.6 Å². The smallest absolute Gasteiger partial charge is 0.315 e. The van der Waals surface area contributed by atoms with Gasteiger partial charge in [-0.2, -0.15) is 0 Å². The molecule has 19 heavy (non-hydrogen) atoms. The number of hydrogen-bond acceptors (Lipinski definition) is 4. The zero-order valence-electron chi connectivity index (χ0n) is 10.7. The van der Waals surface area contributed by atoms with Gasteiger partial charge in [0, 0.05) is 12.2 Å². The largest absolute Gasteiger partial charge is 0.334 e. The zero-order valence-corrected chi connectivity index (χ0v) is 11.5. The number of nitrogens with zero attached hydrogens (tertiary/aromatic N) is 1. The van der Waals surface area contributed by atoms with Crippen molar-refractivity contribution in [2.75, 3.05) is 11.5 Å². The second-order valence-electron chi connectivity index (χ2n) is 4.69. The third-order valence-corrected chi connectivity index (χ3v) is 4.81. The maximum absolute atomic E-state index is 11.7. The van der Waals surface area contributed by atoms with Gasteiger partial charge in [-0.1, -0.05) is 6.07 Å². The molecule has 0 bridgehead atoms. The van der Waals surface area contributed by atoms with Gasteiger partial charge in [0.05, 0.1) is 23.2 Å². The van der Waals surface area contributed by atoms with Gasteiger partial charge >= 0.3 is 6.03 Å². The van der Waals surface area contributed by atoms with Gasteiger partial charge in [0.25, 0.3) is 0 Å². The van der Waals surface area contributed by atoms with Crippen LogP contribution in [-0.2, 0) is 9.84 Å². The third-order valence-electron chi connectivity index (χ3n) is 3.05. The van der Waals surface area contributed by atoms with E-state index in [1.807, 2.05) is 19.1 Å². The van der Waals surface area contributed by atoms with Crippen LogP contribution in [0.15, 0.2) is 24.4 Å². The van der Waals surface area contributed by atoms with E-state index < -0.39 is 9.84 Å². The first kappa shape index (κ1) is 13.8. The fourth-order valence-electron chi connectivity index (χ4n) is 2.04. The van der Waals surface area contributed by atoms with Crippen molar-refractivity contribution in [3.63, 3.8) is 0 Å². The Kier molecular flexibility index (Phi) is 4.04. The minimum atomic E-state index is -2.98. The molecule has 0 aliphatic carbocycles. The summed E-state index contributed by atoms with van der Waals surface area (Å²) in [6.07, 6.45) is 2.14. The van der Waals surface area contributed by atoms with E-state index in [0.717, 1.165) is 5.69 Å². The number of rotatable bonds is 3. The van der Waals surface area contributed by atoms with Crippen LogP contribution in [0.3, 0.4) is 0 Å². The van der Waals surface area contributed by atoms with Crippen molar-refractivity contribution < 1.29 is 13.2 Å². The van der Waals surface area contributed by atoms with Gasteiger partial charge in [-0.3, -0.25) is 4.98 Å². The highest BCUT2D eigenvalue weighted by Crippen LogP contribution is 2.12. The van der Waals surface area contributed by atoms with Gasteiger partial charge in [0.15, 0.2) is 9.84 Å². The van der Waals surface area contributed by atoms with Gasteiger partial charge in [0.1, 0.15) is 0 Å². The molecule has 7 heteroatoms. The molecule has 1 saturated heterocycles. The Balaban J connectivity index is 1.85. The average molecular weight is 283 g/mol. The van der Waals surface area contributed by atoms with Crippen molar-refractivity contribution in [3.8, 4) is 0 Å². The van der Waals surface area contributed by atoms with Gasteiger partial charge in [-0.15, -0.1) is 0 Å². The van der Waals surface area contributed by atoms with Crippen molar-refractivity contribution >= 4 is 15.9 Å². The van der Waals surface area contributed by atoms with E-state index in [1.54, 1.807) is 12.3 Å². The summed E-state index contributed by atoms with van der Waals surface area (Å²) in [6, 6.07) is 4.60. The monoisotopic (exact) mass is 283 g/mol. The molecule has 1 aromatic rings. The molecule has 1 aliphatic heterocycles. The molecular weight excluding hydrogens is 266 g/mol. The molecule has 2 atom stereocenters. The predicted octanol–water partition coefficient (Wildman–Crippen LogP) is 0.629. The predicted molar refractivity (Wildman–Crippen MR) is 71.4 cm³/mol. The number of pyridine rings is 1. The fraction of sp³-hybridized carbons (Fsp3) is 0.500. The fourth-order valence-corrected chi connectivity index (χ4v) is 3.71. The highest BCUT2D eigenvalue weighted by Gasteiger charge is 2.29. The van der Waals surface area contributed by atoms with Crippen molar-refractivity contribution in [1.82, 2.24) is 15.6 Å². The summed E-state index contributed by atoms with van der Waals surface area (Å²) in [5, 5.41) is 5.42. The molecule has 104 valence electrons. The normalized spacial score (nSPS) is 22.7. The second-order valence-corrected chi connectivity index (χ2v) is 6.92. The first-order valence-corrected chi connectivity index (χ1v) is 7.97. The molecule has 2 amide bonds. The first-order valence-electron chi connectivity index (χ1n) is 6.15. The molecule has 0 radical (unpaired) electrons. The van der Waals surface area contributed by atoms with Crippen LogP contribution in [0.2, 0.25) is 0 Å². The van der Waals surface area contributed by atoms with Gasteiger partial charge in [-0.25, -0.2) is 13.2 Å². The number of hydrogen-bond donors (Lipinski definition) is 2. The van der Waals surface area contributed by atoms with E-state index in [0.29, 0.717) is 6.42 Å². The summed E-state index contributed by atoms with van der Waals surface area (Å²) < 4.78 is 22.6. The molecule has 2 rings (SSSR count). The summed E-state index contributed by atoms with van der Waals surface area (Å²) in [5.41, 5.74) is 0.761. The Labute approximate surface area is 112 Å². The maximum Gasteiger partial charge on any atom is 0.315 e. The maximum atomic E-state index is 11.7. The Hall–Kier alpha value is -1.63. The Bertz CT molecular complexity index is 545. The molecule has 1 aromatic heterocycles.